The highest BCUT2D eigenvalue weighted by Gasteiger charge is 2.41. The molecule has 2 aromatic carbocycles. The number of nitrogens with one attached hydrogen (secondary N) is 1. The van der Waals surface area contributed by atoms with E-state index in [2.05, 4.69) is 10.4 Å². The minimum absolute atomic E-state index is 0.0152. The largest absolute Gasteiger partial charge is 0.480 e. The van der Waals surface area contributed by atoms with Crippen LogP contribution in [-0.4, -0.2) is 51.7 Å². The second kappa shape index (κ2) is 9.90. The van der Waals surface area contributed by atoms with Gasteiger partial charge in [0.1, 0.15) is 6.54 Å². The van der Waals surface area contributed by atoms with E-state index in [1.54, 1.807) is 29.1 Å². The van der Waals surface area contributed by atoms with Gasteiger partial charge in [-0.1, -0.05) is 29.8 Å². The third-order valence-electron chi connectivity index (χ3n) is 5.63. The molecule has 1 aromatic heterocycles. The molecule has 0 spiro atoms. The fraction of sp³-hybridized carbons (Fsp3) is 0.200. The van der Waals surface area contributed by atoms with Crippen molar-refractivity contribution in [2.45, 2.75) is 19.3 Å². The van der Waals surface area contributed by atoms with E-state index < -0.39 is 42.2 Å². The van der Waals surface area contributed by atoms with Crippen LogP contribution < -0.4 is 10.2 Å². The lowest BCUT2D eigenvalue weighted by molar-refractivity contribution is -0.137. The number of rotatable bonds is 5. The molecule has 0 bridgehead atoms. The summed E-state index contributed by atoms with van der Waals surface area (Å²) in [5, 5.41) is 15.2. The number of aromatic nitrogens is 2. The number of halogens is 3. The number of fused-ring (bicyclic) bond motifs is 1. The molecule has 0 radical (unpaired) electrons. The number of carboxylic acid groups (broad SMARTS) is 1. The minimum atomic E-state index is -3.46. The van der Waals surface area contributed by atoms with Crippen LogP contribution in [0.15, 0.2) is 60.8 Å². The SMILES string of the molecule is Cc1ccn(-c2ccc(C(=O)N3CCC(F)(F)/C(=C\C(=O)NCC(=O)O)c4ccccc43)c(Cl)c2)n1. The van der Waals surface area contributed by atoms with Gasteiger partial charge in [0.25, 0.3) is 11.8 Å². The molecule has 2 amide bonds. The Morgan fingerprint density at radius 3 is 2.61 bits per heavy atom. The standard InChI is InChI=1S/C25H21ClF2N4O4/c1-15-8-10-32(30-15)16-6-7-18(20(26)12-16)24(36)31-11-9-25(27,28)19(13-22(33)29-14-23(34)35)17-4-2-3-5-21(17)31/h2-8,10,12-13H,9,11,14H2,1H3,(H,29,33)(H,34,35)/b19-13-. The first kappa shape index (κ1) is 25.1. The normalized spacial score (nSPS) is 15.8. The summed E-state index contributed by atoms with van der Waals surface area (Å²) in [6, 6.07) is 12.5. The van der Waals surface area contributed by atoms with Crippen LogP contribution in [0, 0.1) is 6.92 Å². The highest BCUT2D eigenvalue weighted by atomic mass is 35.5. The number of hydrogen-bond donors (Lipinski definition) is 2. The molecule has 0 unspecified atom stereocenters. The van der Waals surface area contributed by atoms with Crippen molar-refractivity contribution in [2.75, 3.05) is 18.0 Å². The van der Waals surface area contributed by atoms with Crippen molar-refractivity contribution in [3.8, 4) is 5.69 Å². The predicted molar refractivity (Wildman–Crippen MR) is 130 cm³/mol. The second-order valence-electron chi connectivity index (χ2n) is 8.16. The van der Waals surface area contributed by atoms with Crippen molar-refractivity contribution in [2.24, 2.45) is 0 Å². The number of hydrogen-bond acceptors (Lipinski definition) is 4. The van der Waals surface area contributed by atoms with E-state index in [1.165, 1.54) is 29.2 Å². The number of aryl methyl sites for hydroxylation is 1. The maximum atomic E-state index is 15.2. The Kier molecular flexibility index (Phi) is 6.89. The number of carboxylic acids is 1. The molecule has 1 aliphatic heterocycles. The number of para-hydroxylation sites is 1. The van der Waals surface area contributed by atoms with Gasteiger partial charge in [0.05, 0.1) is 27.7 Å². The first-order chi connectivity index (χ1) is 17.1. The first-order valence-electron chi connectivity index (χ1n) is 10.9. The lowest BCUT2D eigenvalue weighted by atomic mass is 9.97. The van der Waals surface area contributed by atoms with Gasteiger partial charge in [0, 0.05) is 36.4 Å². The van der Waals surface area contributed by atoms with Gasteiger partial charge in [0.2, 0.25) is 5.91 Å². The molecular weight excluding hydrogens is 494 g/mol. The van der Waals surface area contributed by atoms with Crippen LogP contribution in [0.3, 0.4) is 0 Å². The Hall–Kier alpha value is -4.05. The molecule has 2 heterocycles. The van der Waals surface area contributed by atoms with Crippen molar-refractivity contribution >= 4 is 40.6 Å². The third-order valence-corrected chi connectivity index (χ3v) is 5.95. The highest BCUT2D eigenvalue weighted by Crippen LogP contribution is 2.43. The quantitative estimate of drug-likeness (QED) is 0.499. The second-order valence-corrected chi connectivity index (χ2v) is 8.57. The fourth-order valence-corrected chi connectivity index (χ4v) is 4.16. The van der Waals surface area contributed by atoms with Crippen LogP contribution in [0.25, 0.3) is 11.3 Å². The third kappa shape index (κ3) is 5.13. The summed E-state index contributed by atoms with van der Waals surface area (Å²) in [6.45, 7) is 0.779. The zero-order chi connectivity index (χ0) is 26.0. The number of carbonyl (C=O) groups excluding carboxylic acids is 2. The molecule has 0 atom stereocenters. The summed E-state index contributed by atoms with van der Waals surface area (Å²) in [6.07, 6.45) is 1.67. The smallest absolute Gasteiger partial charge is 0.322 e. The van der Waals surface area contributed by atoms with Crippen molar-refractivity contribution in [1.82, 2.24) is 15.1 Å². The van der Waals surface area contributed by atoms with Gasteiger partial charge in [0.15, 0.2) is 0 Å². The Labute approximate surface area is 209 Å². The molecule has 4 rings (SSSR count). The van der Waals surface area contributed by atoms with Crippen molar-refractivity contribution < 1.29 is 28.3 Å². The van der Waals surface area contributed by atoms with Gasteiger partial charge in [-0.15, -0.1) is 0 Å². The number of allylic oxidation sites excluding steroid dienone is 1. The van der Waals surface area contributed by atoms with Crippen molar-refractivity contribution in [3.63, 3.8) is 0 Å². The van der Waals surface area contributed by atoms with Crippen LogP contribution in [0.2, 0.25) is 5.02 Å². The van der Waals surface area contributed by atoms with Crippen molar-refractivity contribution in [1.29, 1.82) is 0 Å². The minimum Gasteiger partial charge on any atom is -0.480 e. The summed E-state index contributed by atoms with van der Waals surface area (Å²) in [7, 11) is 0. The van der Waals surface area contributed by atoms with Gasteiger partial charge in [-0.3, -0.25) is 14.4 Å². The molecule has 8 nitrogen and oxygen atoms in total. The van der Waals surface area contributed by atoms with Gasteiger partial charge in [-0.2, -0.15) is 5.10 Å². The summed E-state index contributed by atoms with van der Waals surface area (Å²) >= 11 is 6.43. The topological polar surface area (TPSA) is 105 Å². The first-order valence-corrected chi connectivity index (χ1v) is 11.3. The van der Waals surface area contributed by atoms with Crippen LogP contribution in [0.4, 0.5) is 14.5 Å². The molecule has 3 aromatic rings. The van der Waals surface area contributed by atoms with E-state index in [0.717, 1.165) is 5.69 Å². The number of amides is 2. The summed E-state index contributed by atoms with van der Waals surface area (Å²) < 4.78 is 32.0. The number of nitrogens with zero attached hydrogens (tertiary/aromatic N) is 3. The van der Waals surface area contributed by atoms with E-state index in [9.17, 15) is 14.4 Å². The molecule has 0 saturated carbocycles. The number of aliphatic carboxylic acids is 1. The zero-order valence-corrected chi connectivity index (χ0v) is 19.8. The maximum Gasteiger partial charge on any atom is 0.322 e. The summed E-state index contributed by atoms with van der Waals surface area (Å²) in [5.74, 6) is -6.33. The Morgan fingerprint density at radius 2 is 1.94 bits per heavy atom. The van der Waals surface area contributed by atoms with Crippen LogP contribution >= 0.6 is 11.6 Å². The van der Waals surface area contributed by atoms with E-state index in [4.69, 9.17) is 16.7 Å². The molecule has 11 heteroatoms. The molecule has 1 aliphatic rings. The summed E-state index contributed by atoms with van der Waals surface area (Å²) in [5.41, 5.74) is 1.11. The Bertz CT molecular complexity index is 1390. The highest BCUT2D eigenvalue weighted by molar-refractivity contribution is 6.34. The van der Waals surface area contributed by atoms with Crippen LogP contribution in [-0.2, 0) is 9.59 Å². The van der Waals surface area contributed by atoms with Gasteiger partial charge < -0.3 is 15.3 Å². The van der Waals surface area contributed by atoms with E-state index in [1.807, 2.05) is 13.0 Å². The number of carbonyl (C=O) groups is 3. The molecule has 36 heavy (non-hydrogen) atoms. The predicted octanol–water partition coefficient (Wildman–Crippen LogP) is 4.10. The fourth-order valence-electron chi connectivity index (χ4n) is 3.90. The van der Waals surface area contributed by atoms with Gasteiger partial charge in [-0.05, 0) is 37.3 Å². The van der Waals surface area contributed by atoms with E-state index in [-0.39, 0.29) is 28.4 Å². The van der Waals surface area contributed by atoms with Crippen LogP contribution in [0.1, 0.15) is 28.0 Å². The molecule has 0 fully saturated rings. The molecule has 0 aliphatic carbocycles. The lowest BCUT2D eigenvalue weighted by Gasteiger charge is -2.23. The van der Waals surface area contributed by atoms with Gasteiger partial charge in [-0.25, -0.2) is 13.5 Å². The van der Waals surface area contributed by atoms with Crippen LogP contribution in [0.5, 0.6) is 0 Å². The van der Waals surface area contributed by atoms with Gasteiger partial charge >= 0.3 is 5.97 Å². The molecule has 0 saturated heterocycles. The average Bonchev–Trinajstić information content (AvgIpc) is 3.23. The molecular formula is C25H21ClF2N4O4. The number of anilines is 1. The Morgan fingerprint density at radius 1 is 1.19 bits per heavy atom. The zero-order valence-electron chi connectivity index (χ0n) is 19.0. The maximum absolute atomic E-state index is 15.2. The molecule has 2 N–H and O–H groups in total. The van der Waals surface area contributed by atoms with E-state index >= 15 is 8.78 Å². The van der Waals surface area contributed by atoms with E-state index in [0.29, 0.717) is 11.8 Å². The molecule has 186 valence electrons. The van der Waals surface area contributed by atoms with Crippen molar-refractivity contribution in [3.05, 3.63) is 82.6 Å². The number of alkyl halides is 2. The Balaban J connectivity index is 1.71. The number of benzene rings is 2. The monoisotopic (exact) mass is 514 g/mol. The lowest BCUT2D eigenvalue weighted by Crippen LogP contribution is -2.33. The average molecular weight is 515 g/mol. The summed E-state index contributed by atoms with van der Waals surface area (Å²) in [4.78, 5) is 37.6.